The molecule has 0 fully saturated rings. The number of nitrogens with zero attached hydrogens (tertiary/aromatic N) is 1. The first-order valence-corrected chi connectivity index (χ1v) is 11.2. The second-order valence-corrected chi connectivity index (χ2v) is 7.95. The van der Waals surface area contributed by atoms with Crippen LogP contribution < -0.4 is 15.4 Å². The van der Waals surface area contributed by atoms with Gasteiger partial charge in [-0.1, -0.05) is 0 Å². The molecule has 0 aliphatic carbocycles. The Bertz CT molecular complexity index is 991. The van der Waals surface area contributed by atoms with Crippen LogP contribution in [0.2, 0.25) is 0 Å². The Morgan fingerprint density at radius 3 is 2.53 bits per heavy atom. The first-order chi connectivity index (χ1) is 14.5. The Labute approximate surface area is 181 Å². The van der Waals surface area contributed by atoms with Crippen molar-refractivity contribution in [2.75, 3.05) is 23.0 Å². The highest BCUT2D eigenvalue weighted by Crippen LogP contribution is 2.21. The number of thioether (sulfide) groups is 1. The van der Waals surface area contributed by atoms with Crippen LogP contribution in [0.5, 0.6) is 5.75 Å². The molecule has 0 spiro atoms. The van der Waals surface area contributed by atoms with Crippen molar-refractivity contribution in [3.05, 3.63) is 71.0 Å². The lowest BCUT2D eigenvalue weighted by atomic mass is 10.2. The molecule has 2 amide bonds. The number of carbonyl (C=O) groups excluding carboxylic acids is 2. The maximum Gasteiger partial charge on any atom is 0.257 e. The molecule has 2 aromatic carbocycles. The molecule has 156 valence electrons. The Hall–Kier alpha value is -2.91. The number of rotatable bonds is 9. The van der Waals surface area contributed by atoms with E-state index in [1.54, 1.807) is 24.3 Å². The SMILES string of the molecule is CCOc1ccc(C(=O)Nc2nc(CSCC(=O)Nc3ccc(F)cc3)cs2)cc1. The average molecular weight is 446 g/mol. The van der Waals surface area contributed by atoms with Crippen LogP contribution in [0.4, 0.5) is 15.2 Å². The molecule has 0 atom stereocenters. The Balaban J connectivity index is 1.43. The number of benzene rings is 2. The van der Waals surface area contributed by atoms with Crippen molar-refractivity contribution < 1.29 is 18.7 Å². The van der Waals surface area contributed by atoms with Crippen LogP contribution in [-0.2, 0) is 10.5 Å². The van der Waals surface area contributed by atoms with Crippen LogP contribution in [0.3, 0.4) is 0 Å². The van der Waals surface area contributed by atoms with Gasteiger partial charge in [0.2, 0.25) is 5.91 Å². The van der Waals surface area contributed by atoms with E-state index < -0.39 is 0 Å². The van der Waals surface area contributed by atoms with Crippen LogP contribution in [0, 0.1) is 5.82 Å². The fourth-order valence-electron chi connectivity index (χ4n) is 2.45. The summed E-state index contributed by atoms with van der Waals surface area (Å²) in [6.07, 6.45) is 0. The van der Waals surface area contributed by atoms with Gasteiger partial charge in [-0.15, -0.1) is 23.1 Å². The van der Waals surface area contributed by atoms with Crippen LogP contribution >= 0.6 is 23.1 Å². The quantitative estimate of drug-likeness (QED) is 0.494. The molecule has 30 heavy (non-hydrogen) atoms. The average Bonchev–Trinajstić information content (AvgIpc) is 3.17. The molecule has 0 bridgehead atoms. The number of thiazole rings is 1. The van der Waals surface area contributed by atoms with Crippen molar-refractivity contribution in [3.63, 3.8) is 0 Å². The molecule has 2 N–H and O–H groups in total. The largest absolute Gasteiger partial charge is 0.494 e. The van der Waals surface area contributed by atoms with Gasteiger partial charge < -0.3 is 10.1 Å². The van der Waals surface area contributed by atoms with E-state index in [0.29, 0.717) is 34.5 Å². The summed E-state index contributed by atoms with van der Waals surface area (Å²) in [5, 5.41) is 7.83. The fraction of sp³-hybridized carbons (Fsp3) is 0.190. The summed E-state index contributed by atoms with van der Waals surface area (Å²) < 4.78 is 18.2. The molecule has 1 aromatic heterocycles. The van der Waals surface area contributed by atoms with Crippen molar-refractivity contribution >= 4 is 45.7 Å². The first kappa shape index (κ1) is 21.8. The van der Waals surface area contributed by atoms with Crippen molar-refractivity contribution in [2.45, 2.75) is 12.7 Å². The zero-order chi connectivity index (χ0) is 21.3. The number of ether oxygens (including phenoxy) is 1. The molecule has 9 heteroatoms. The minimum Gasteiger partial charge on any atom is -0.494 e. The lowest BCUT2D eigenvalue weighted by Gasteiger charge is -2.05. The maximum atomic E-state index is 12.9. The molecular formula is C21H20FN3O3S2. The lowest BCUT2D eigenvalue weighted by molar-refractivity contribution is -0.113. The van der Waals surface area contributed by atoms with Gasteiger partial charge in [-0.25, -0.2) is 9.37 Å². The molecule has 3 rings (SSSR count). The van der Waals surface area contributed by atoms with Gasteiger partial charge in [-0.05, 0) is 55.5 Å². The molecule has 0 radical (unpaired) electrons. The number of halogens is 1. The van der Waals surface area contributed by atoms with Gasteiger partial charge in [0, 0.05) is 22.4 Å². The third kappa shape index (κ3) is 6.57. The standard InChI is InChI=1S/C21H20FN3O3S2/c1-2-28-18-9-3-14(4-10-18)20(27)25-21-24-17(12-30-21)11-29-13-19(26)23-16-7-5-15(22)6-8-16/h3-10,12H,2,11,13H2,1H3,(H,23,26)(H,24,25,27). The van der Waals surface area contributed by atoms with Crippen molar-refractivity contribution in [3.8, 4) is 5.75 Å². The van der Waals surface area contributed by atoms with Gasteiger partial charge in [0.05, 0.1) is 18.1 Å². The van der Waals surface area contributed by atoms with E-state index in [2.05, 4.69) is 15.6 Å². The van der Waals surface area contributed by atoms with Crippen LogP contribution in [-0.4, -0.2) is 29.2 Å². The highest BCUT2D eigenvalue weighted by atomic mass is 32.2. The summed E-state index contributed by atoms with van der Waals surface area (Å²) in [4.78, 5) is 28.7. The maximum absolute atomic E-state index is 12.9. The zero-order valence-electron chi connectivity index (χ0n) is 16.2. The first-order valence-electron chi connectivity index (χ1n) is 9.15. The predicted molar refractivity (Wildman–Crippen MR) is 119 cm³/mol. The molecular weight excluding hydrogens is 425 g/mol. The van der Waals surface area contributed by atoms with Gasteiger partial charge in [-0.3, -0.25) is 14.9 Å². The van der Waals surface area contributed by atoms with E-state index in [4.69, 9.17) is 4.74 Å². The molecule has 6 nitrogen and oxygen atoms in total. The minimum absolute atomic E-state index is 0.175. The van der Waals surface area contributed by atoms with Crippen LogP contribution in [0.25, 0.3) is 0 Å². The van der Waals surface area contributed by atoms with E-state index in [1.807, 2.05) is 12.3 Å². The van der Waals surface area contributed by atoms with E-state index in [-0.39, 0.29) is 23.4 Å². The van der Waals surface area contributed by atoms with Gasteiger partial charge >= 0.3 is 0 Å². The van der Waals surface area contributed by atoms with E-state index >= 15 is 0 Å². The number of amides is 2. The zero-order valence-corrected chi connectivity index (χ0v) is 17.8. The van der Waals surface area contributed by atoms with E-state index in [0.717, 1.165) is 5.69 Å². The normalized spacial score (nSPS) is 10.5. The highest BCUT2D eigenvalue weighted by molar-refractivity contribution is 7.99. The number of aromatic nitrogens is 1. The van der Waals surface area contributed by atoms with Gasteiger partial charge in [0.25, 0.3) is 5.91 Å². The minimum atomic E-state index is -0.351. The third-order valence-electron chi connectivity index (χ3n) is 3.81. The fourth-order valence-corrected chi connectivity index (χ4v) is 3.98. The summed E-state index contributed by atoms with van der Waals surface area (Å²) in [5.41, 5.74) is 1.85. The molecule has 0 saturated carbocycles. The summed E-state index contributed by atoms with van der Waals surface area (Å²) >= 11 is 2.73. The van der Waals surface area contributed by atoms with Gasteiger partial charge in [0.1, 0.15) is 11.6 Å². The topological polar surface area (TPSA) is 80.3 Å². The number of carbonyl (C=O) groups is 2. The molecule has 0 aliphatic rings. The Morgan fingerprint density at radius 2 is 1.83 bits per heavy atom. The summed E-state index contributed by atoms with van der Waals surface area (Å²) in [7, 11) is 0. The molecule has 0 aliphatic heterocycles. The van der Waals surface area contributed by atoms with Crippen molar-refractivity contribution in [1.29, 1.82) is 0 Å². The number of hydrogen-bond donors (Lipinski definition) is 2. The second kappa shape index (κ2) is 10.7. The van der Waals surface area contributed by atoms with Crippen molar-refractivity contribution in [2.24, 2.45) is 0 Å². The molecule has 0 saturated heterocycles. The molecule has 3 aromatic rings. The second-order valence-electron chi connectivity index (χ2n) is 6.10. The van der Waals surface area contributed by atoms with E-state index in [9.17, 15) is 14.0 Å². The number of anilines is 2. The van der Waals surface area contributed by atoms with Crippen molar-refractivity contribution in [1.82, 2.24) is 4.98 Å². The van der Waals surface area contributed by atoms with Gasteiger partial charge in [-0.2, -0.15) is 0 Å². The highest BCUT2D eigenvalue weighted by Gasteiger charge is 2.10. The summed E-state index contributed by atoms with van der Waals surface area (Å²) in [6, 6.07) is 12.5. The third-order valence-corrected chi connectivity index (χ3v) is 5.58. The predicted octanol–water partition coefficient (Wildman–Crippen LogP) is 4.81. The molecule has 1 heterocycles. The summed E-state index contributed by atoms with van der Waals surface area (Å²) in [6.45, 7) is 2.47. The summed E-state index contributed by atoms with van der Waals surface area (Å²) in [5.74, 6) is 0.716. The van der Waals surface area contributed by atoms with Crippen LogP contribution in [0.1, 0.15) is 23.0 Å². The Kier molecular flexibility index (Phi) is 7.81. The monoisotopic (exact) mass is 445 g/mol. The van der Waals surface area contributed by atoms with E-state index in [1.165, 1.54) is 47.4 Å². The lowest BCUT2D eigenvalue weighted by Crippen LogP contribution is -2.14. The van der Waals surface area contributed by atoms with Gasteiger partial charge in [0.15, 0.2) is 5.13 Å². The number of hydrogen-bond acceptors (Lipinski definition) is 6. The smallest absolute Gasteiger partial charge is 0.257 e. The Morgan fingerprint density at radius 1 is 1.10 bits per heavy atom. The molecule has 0 unspecified atom stereocenters. The van der Waals surface area contributed by atoms with Crippen LogP contribution in [0.15, 0.2) is 53.9 Å². The number of nitrogens with one attached hydrogen (secondary N) is 2.